The molecule has 6 rings (SSSR count). The first-order valence-electron chi connectivity index (χ1n) is 12.9. The monoisotopic (exact) mass is 626 g/mol. The molecule has 39 heavy (non-hydrogen) atoms. The van der Waals surface area contributed by atoms with E-state index in [1.165, 1.54) is 76.8 Å². The van der Waals surface area contributed by atoms with E-state index in [9.17, 15) is 0 Å². The number of halogens is 2. The van der Waals surface area contributed by atoms with Crippen LogP contribution in [0.25, 0.3) is 21.5 Å². The molecule has 0 saturated heterocycles. The van der Waals surface area contributed by atoms with Crippen LogP contribution < -0.4 is 24.8 Å². The molecule has 0 N–H and O–H groups in total. The normalized spacial score (nSPS) is 11.5. The van der Waals surface area contributed by atoms with Crippen molar-refractivity contribution in [2.24, 2.45) is 5.92 Å². The summed E-state index contributed by atoms with van der Waals surface area (Å²) in [6.07, 6.45) is 8.47. The Morgan fingerprint density at radius 3 is 1.54 bits per heavy atom. The first-order chi connectivity index (χ1) is 17.9. The second-order valence-electron chi connectivity index (χ2n) is 9.84. The van der Waals surface area contributed by atoms with Crippen LogP contribution in [0.15, 0.2) is 121 Å². The summed E-state index contributed by atoms with van der Waals surface area (Å²) in [5, 5.41) is 5.46. The third-order valence-electron chi connectivity index (χ3n) is 6.53. The standard InChI is InChI=1S/C15H13.C13H10.C8H11.2ClH.Zr/c1-10-3-5-14-12(7-10)9-13-8-11(2)4-6-15(13)14;1-3-7-12(8-4-1)11-13-9-5-2-6-10-13;1-7(2)8-5-3-4-6-8;;;/h3-9H,1-2H3;1-10H;5-7H,3H2,1-2H3;2*1H;/q-1;;-1;;;+2/p-2. The van der Waals surface area contributed by atoms with Gasteiger partial charge < -0.3 is 24.8 Å². The molecule has 0 aliphatic heterocycles. The summed E-state index contributed by atoms with van der Waals surface area (Å²) in [4.78, 5) is 0. The fourth-order valence-electron chi connectivity index (χ4n) is 4.45. The van der Waals surface area contributed by atoms with Gasteiger partial charge >= 0.3 is 99.2 Å². The topological polar surface area (TPSA) is 0 Å². The third-order valence-corrected chi connectivity index (χ3v) is 7.95. The zero-order valence-corrected chi connectivity index (χ0v) is 27.0. The summed E-state index contributed by atoms with van der Waals surface area (Å²) >= 11 is 1.46. The van der Waals surface area contributed by atoms with Gasteiger partial charge in [0.1, 0.15) is 0 Å². The van der Waals surface area contributed by atoms with Crippen LogP contribution in [0, 0.1) is 25.8 Å². The van der Waals surface area contributed by atoms with Crippen molar-refractivity contribution in [1.29, 1.82) is 0 Å². The number of benzene rings is 4. The van der Waals surface area contributed by atoms with Crippen molar-refractivity contribution in [3.63, 3.8) is 0 Å². The number of allylic oxidation sites excluding steroid dienone is 4. The van der Waals surface area contributed by atoms with Gasteiger partial charge in [0, 0.05) is 0 Å². The Bertz CT molecular complexity index is 1440. The van der Waals surface area contributed by atoms with Crippen LogP contribution in [-0.2, 0) is 24.2 Å². The summed E-state index contributed by atoms with van der Waals surface area (Å²) in [6, 6.07) is 36.7. The van der Waals surface area contributed by atoms with Crippen molar-refractivity contribution in [2.75, 3.05) is 0 Å². The van der Waals surface area contributed by atoms with Gasteiger partial charge in [-0.05, 0) is 13.8 Å². The van der Waals surface area contributed by atoms with Crippen LogP contribution in [0.4, 0.5) is 0 Å². The first kappa shape index (κ1) is 32.8. The molecular weight excluding hydrogens is 595 g/mol. The summed E-state index contributed by atoms with van der Waals surface area (Å²) in [6.45, 7) is 8.69. The van der Waals surface area contributed by atoms with Crippen LogP contribution in [0.1, 0.15) is 42.5 Å². The fourth-order valence-corrected chi connectivity index (χ4v) is 5.27. The number of hydrogen-bond acceptors (Lipinski definition) is 0. The number of rotatable bonds is 3. The molecule has 5 aromatic rings. The Balaban J connectivity index is 0.000000209. The second kappa shape index (κ2) is 16.0. The van der Waals surface area contributed by atoms with E-state index in [1.807, 2.05) is 0 Å². The molecule has 5 aromatic carbocycles. The van der Waals surface area contributed by atoms with Gasteiger partial charge in [-0.3, -0.25) is 6.08 Å². The Morgan fingerprint density at radius 2 is 1.18 bits per heavy atom. The summed E-state index contributed by atoms with van der Waals surface area (Å²) in [5.74, 6) is 0.685. The van der Waals surface area contributed by atoms with Crippen molar-refractivity contribution < 1.29 is 49.0 Å². The number of fused-ring (bicyclic) bond motifs is 3. The van der Waals surface area contributed by atoms with E-state index in [0.717, 1.165) is 6.42 Å². The van der Waals surface area contributed by atoms with Gasteiger partial charge in [-0.25, -0.2) is 6.08 Å². The van der Waals surface area contributed by atoms with Crippen LogP contribution in [-0.4, -0.2) is 3.21 Å². The third kappa shape index (κ3) is 9.04. The van der Waals surface area contributed by atoms with E-state index in [2.05, 4.69) is 149 Å². The van der Waals surface area contributed by atoms with Gasteiger partial charge in [-0.1, -0.05) is 55.2 Å². The minimum atomic E-state index is 0. The Kier molecular flexibility index (Phi) is 13.4. The molecule has 3 heteroatoms. The van der Waals surface area contributed by atoms with Gasteiger partial charge in [0.15, 0.2) is 0 Å². The predicted molar refractivity (Wildman–Crippen MR) is 158 cm³/mol. The fraction of sp³-hybridized carbons (Fsp3) is 0.167. The second-order valence-corrected chi connectivity index (χ2v) is 11.1. The Morgan fingerprint density at radius 1 is 0.718 bits per heavy atom. The van der Waals surface area contributed by atoms with E-state index in [0.29, 0.717) is 5.92 Å². The molecule has 0 amide bonds. The average Bonchev–Trinajstić information content (AvgIpc) is 3.58. The summed E-state index contributed by atoms with van der Waals surface area (Å²) in [5.41, 5.74) is 6.75. The first-order valence-corrected chi connectivity index (χ1v) is 14.2. The molecule has 0 unspecified atom stereocenters. The van der Waals surface area contributed by atoms with Gasteiger partial charge in [0.05, 0.1) is 0 Å². The zero-order valence-electron chi connectivity index (χ0n) is 23.0. The minimum absolute atomic E-state index is 0. The SMILES string of the molecule is CC(C)C1=CC[C-]=C1.Cc1ccc2c(c1)[cH-]c1cc(C)ccc12.[Cl-].[Cl-].[Zr+2]=[C](c1ccccc1)c1ccccc1. The van der Waals surface area contributed by atoms with Crippen LogP contribution in [0.5, 0.6) is 0 Å². The molecule has 1 aliphatic carbocycles. The van der Waals surface area contributed by atoms with Crippen LogP contribution >= 0.6 is 0 Å². The maximum absolute atomic E-state index is 3.14. The summed E-state index contributed by atoms with van der Waals surface area (Å²) < 4.78 is 1.42. The molecule has 0 bridgehead atoms. The Labute approximate surface area is 261 Å². The zero-order chi connectivity index (χ0) is 26.2. The summed E-state index contributed by atoms with van der Waals surface area (Å²) in [7, 11) is 0. The van der Waals surface area contributed by atoms with Gasteiger partial charge in [-0.15, -0.1) is 46.2 Å². The molecular formula is C36H34Cl2Zr-2. The van der Waals surface area contributed by atoms with Gasteiger partial charge in [-0.2, -0.15) is 11.6 Å². The maximum atomic E-state index is 3.14. The van der Waals surface area contributed by atoms with Crippen LogP contribution in [0.2, 0.25) is 0 Å². The van der Waals surface area contributed by atoms with Gasteiger partial charge in [0.2, 0.25) is 0 Å². The molecule has 0 heterocycles. The molecule has 1 aliphatic rings. The van der Waals surface area contributed by atoms with E-state index in [1.54, 1.807) is 0 Å². The average molecular weight is 629 g/mol. The quantitative estimate of drug-likeness (QED) is 0.269. The molecule has 0 fully saturated rings. The van der Waals surface area contributed by atoms with E-state index in [-0.39, 0.29) is 24.8 Å². The number of hydrogen-bond donors (Lipinski definition) is 0. The molecule has 0 aromatic heterocycles. The Hall–Kier alpha value is -2.44. The van der Waals surface area contributed by atoms with E-state index in [4.69, 9.17) is 0 Å². The van der Waals surface area contributed by atoms with Crippen LogP contribution in [0.3, 0.4) is 0 Å². The van der Waals surface area contributed by atoms with E-state index < -0.39 is 0 Å². The van der Waals surface area contributed by atoms with Crippen molar-refractivity contribution in [3.8, 4) is 0 Å². The predicted octanol–water partition coefficient (Wildman–Crippen LogP) is 3.47. The molecule has 0 saturated carbocycles. The molecule has 0 spiro atoms. The van der Waals surface area contributed by atoms with Crippen molar-refractivity contribution in [2.45, 2.75) is 34.1 Å². The van der Waals surface area contributed by atoms with Crippen molar-refractivity contribution in [1.82, 2.24) is 0 Å². The molecule has 0 radical (unpaired) electrons. The van der Waals surface area contributed by atoms with E-state index >= 15 is 0 Å². The van der Waals surface area contributed by atoms with Crippen molar-refractivity contribution in [3.05, 3.63) is 149 Å². The van der Waals surface area contributed by atoms with Crippen molar-refractivity contribution >= 4 is 24.8 Å². The van der Waals surface area contributed by atoms with Gasteiger partial charge in [0.25, 0.3) is 0 Å². The number of aryl methyl sites for hydroxylation is 2. The molecule has 0 atom stereocenters. The molecule has 198 valence electrons. The molecule has 0 nitrogen and oxygen atoms in total.